The third-order valence-electron chi connectivity index (χ3n) is 4.62. The van der Waals surface area contributed by atoms with Gasteiger partial charge in [0.05, 0.1) is 18.6 Å². The fraction of sp³-hybridized carbons (Fsp3) is 0.190. The highest BCUT2D eigenvalue weighted by molar-refractivity contribution is 6.14. The molecular formula is C21H19N3O8. The van der Waals surface area contributed by atoms with Crippen molar-refractivity contribution >= 4 is 29.7 Å². The minimum Gasteiger partial charge on any atom is -0.493 e. The lowest BCUT2D eigenvalue weighted by atomic mass is 10.1. The molecule has 0 saturated carbocycles. The largest absolute Gasteiger partial charge is 0.493 e. The Balaban J connectivity index is 1.87. The summed E-state index contributed by atoms with van der Waals surface area (Å²) in [6.45, 7) is 1.26. The van der Waals surface area contributed by atoms with E-state index in [1.165, 1.54) is 44.4 Å². The van der Waals surface area contributed by atoms with Gasteiger partial charge in [-0.2, -0.15) is 0 Å². The fourth-order valence-electron chi connectivity index (χ4n) is 2.94. The summed E-state index contributed by atoms with van der Waals surface area (Å²) in [5.74, 6) is -1.44. The maximum absolute atomic E-state index is 12.8. The molecule has 0 radical (unpaired) electrons. The molecule has 2 aromatic rings. The topological polar surface area (TPSA) is 148 Å². The van der Waals surface area contributed by atoms with Gasteiger partial charge in [-0.25, -0.2) is 9.59 Å². The molecule has 2 aromatic carbocycles. The number of methoxy groups -OCH3 is 1. The molecule has 1 aliphatic heterocycles. The zero-order chi connectivity index (χ0) is 23.4. The van der Waals surface area contributed by atoms with E-state index in [0.29, 0.717) is 11.1 Å². The number of benzene rings is 2. The van der Waals surface area contributed by atoms with Crippen molar-refractivity contribution in [3.05, 3.63) is 69.4 Å². The second-order valence-electron chi connectivity index (χ2n) is 6.78. The number of carbonyl (C=O) groups excluding carboxylic acids is 2. The smallest absolute Gasteiger partial charge is 0.344 e. The van der Waals surface area contributed by atoms with Crippen LogP contribution >= 0.6 is 0 Å². The number of nitro groups is 1. The molecule has 0 aliphatic carbocycles. The van der Waals surface area contributed by atoms with E-state index in [1.54, 1.807) is 18.2 Å². The first-order valence-electron chi connectivity index (χ1n) is 9.35. The molecule has 0 unspecified atom stereocenters. The first kappa shape index (κ1) is 22.3. The molecule has 2 N–H and O–H groups in total. The molecular weight excluding hydrogens is 422 g/mol. The van der Waals surface area contributed by atoms with Crippen molar-refractivity contribution in [1.82, 2.24) is 10.2 Å². The van der Waals surface area contributed by atoms with Crippen molar-refractivity contribution in [2.45, 2.75) is 19.6 Å². The third kappa shape index (κ3) is 4.67. The van der Waals surface area contributed by atoms with Crippen molar-refractivity contribution in [2.75, 3.05) is 7.11 Å². The molecule has 3 rings (SSSR count). The second-order valence-corrected chi connectivity index (χ2v) is 6.78. The van der Waals surface area contributed by atoms with Gasteiger partial charge in [0.15, 0.2) is 17.6 Å². The zero-order valence-electron chi connectivity index (χ0n) is 17.1. The summed E-state index contributed by atoms with van der Waals surface area (Å²) in [5.41, 5.74) is 0.713. The van der Waals surface area contributed by atoms with Crippen LogP contribution in [0.5, 0.6) is 11.5 Å². The Hall–Kier alpha value is -4.41. The third-order valence-corrected chi connectivity index (χ3v) is 4.62. The number of carboxylic acid groups (broad SMARTS) is 1. The highest BCUT2D eigenvalue weighted by Crippen LogP contribution is 2.34. The number of carbonyl (C=O) groups is 3. The van der Waals surface area contributed by atoms with E-state index in [4.69, 9.17) is 14.6 Å². The standard InChI is InChI=1S/C21H19N3O8/c1-12(20(26)27)32-18-14(4-3-5-17(18)31-2)10-16-19(25)23(21(28)22-16)11-13-6-8-15(9-7-13)24(29)30/h3-10,12H,11H2,1-2H3,(H,22,28)(H,26,27)/b16-10-/t12-/m0/s1. The molecule has 0 aromatic heterocycles. The predicted octanol–water partition coefficient (Wildman–Crippen LogP) is 2.55. The van der Waals surface area contributed by atoms with Crippen LogP contribution in [0.1, 0.15) is 18.1 Å². The van der Waals surface area contributed by atoms with Gasteiger partial charge >= 0.3 is 12.0 Å². The van der Waals surface area contributed by atoms with Crippen LogP contribution < -0.4 is 14.8 Å². The molecule has 166 valence electrons. The number of urea groups is 1. The normalized spacial score (nSPS) is 15.4. The number of para-hydroxylation sites is 1. The van der Waals surface area contributed by atoms with Gasteiger partial charge in [0.25, 0.3) is 11.6 Å². The number of amides is 3. The Bertz CT molecular complexity index is 1110. The summed E-state index contributed by atoms with van der Waals surface area (Å²) in [6.07, 6.45) is 0.179. The molecule has 0 spiro atoms. The first-order valence-corrected chi connectivity index (χ1v) is 9.35. The van der Waals surface area contributed by atoms with E-state index in [1.807, 2.05) is 0 Å². The Morgan fingerprint density at radius 3 is 2.53 bits per heavy atom. The summed E-state index contributed by atoms with van der Waals surface area (Å²) < 4.78 is 10.7. The maximum atomic E-state index is 12.8. The van der Waals surface area contributed by atoms with Crippen LogP contribution in [0.25, 0.3) is 6.08 Å². The molecule has 3 amide bonds. The second kappa shape index (κ2) is 9.16. The maximum Gasteiger partial charge on any atom is 0.344 e. The van der Waals surface area contributed by atoms with Crippen molar-refractivity contribution in [3.8, 4) is 11.5 Å². The minimum absolute atomic E-state index is 0.0435. The summed E-state index contributed by atoms with van der Waals surface area (Å²) in [5, 5.41) is 22.4. The monoisotopic (exact) mass is 441 g/mol. The Morgan fingerprint density at radius 2 is 1.94 bits per heavy atom. The number of non-ortho nitro benzene ring substituents is 1. The van der Waals surface area contributed by atoms with Crippen LogP contribution in [0, 0.1) is 10.1 Å². The number of nitrogens with one attached hydrogen (secondary N) is 1. The molecule has 1 fully saturated rings. The van der Waals surface area contributed by atoms with Crippen LogP contribution in [0.15, 0.2) is 48.2 Å². The quantitative estimate of drug-likeness (QED) is 0.275. The number of imide groups is 1. The number of hydrogen-bond acceptors (Lipinski definition) is 7. The molecule has 1 atom stereocenters. The van der Waals surface area contributed by atoms with Crippen molar-refractivity contribution in [1.29, 1.82) is 0 Å². The lowest BCUT2D eigenvalue weighted by Gasteiger charge is -2.16. The van der Waals surface area contributed by atoms with E-state index >= 15 is 0 Å². The highest BCUT2D eigenvalue weighted by atomic mass is 16.6. The van der Waals surface area contributed by atoms with Gasteiger partial charge < -0.3 is 19.9 Å². The highest BCUT2D eigenvalue weighted by Gasteiger charge is 2.34. The van der Waals surface area contributed by atoms with E-state index < -0.39 is 28.9 Å². The Morgan fingerprint density at radius 1 is 1.25 bits per heavy atom. The van der Waals surface area contributed by atoms with Gasteiger partial charge in [-0.1, -0.05) is 24.3 Å². The SMILES string of the molecule is COc1cccc(/C=C2\NC(=O)N(Cc3ccc([N+](=O)[O-])cc3)C2=O)c1O[C@@H](C)C(=O)O. The number of carboxylic acids is 1. The van der Waals surface area contributed by atoms with Crippen molar-refractivity contribution in [2.24, 2.45) is 0 Å². The summed E-state index contributed by atoms with van der Waals surface area (Å²) in [7, 11) is 1.39. The first-order chi connectivity index (χ1) is 15.2. The number of rotatable bonds is 8. The van der Waals surface area contributed by atoms with Gasteiger partial charge in [-0.15, -0.1) is 0 Å². The Kier molecular flexibility index (Phi) is 6.38. The van der Waals surface area contributed by atoms with Gasteiger partial charge in [-0.3, -0.25) is 19.8 Å². The summed E-state index contributed by atoms with van der Waals surface area (Å²) in [6, 6.07) is 9.61. The number of hydrogen-bond donors (Lipinski definition) is 2. The predicted molar refractivity (Wildman–Crippen MR) is 111 cm³/mol. The number of nitro benzene ring substituents is 1. The summed E-state index contributed by atoms with van der Waals surface area (Å²) >= 11 is 0. The van der Waals surface area contributed by atoms with Crippen LogP contribution in [0.4, 0.5) is 10.5 Å². The van der Waals surface area contributed by atoms with E-state index in [-0.39, 0.29) is 29.4 Å². The van der Waals surface area contributed by atoms with Gasteiger partial charge in [0.2, 0.25) is 0 Å². The average molecular weight is 441 g/mol. The van der Waals surface area contributed by atoms with E-state index in [9.17, 15) is 24.5 Å². The molecule has 0 bridgehead atoms. The van der Waals surface area contributed by atoms with Crippen LogP contribution in [0.2, 0.25) is 0 Å². The molecule has 11 heteroatoms. The zero-order valence-corrected chi connectivity index (χ0v) is 17.1. The van der Waals surface area contributed by atoms with Gasteiger partial charge in [0, 0.05) is 17.7 Å². The van der Waals surface area contributed by atoms with Gasteiger partial charge in [0.1, 0.15) is 5.70 Å². The molecule has 11 nitrogen and oxygen atoms in total. The molecule has 1 aliphatic rings. The number of aliphatic carboxylic acids is 1. The van der Waals surface area contributed by atoms with Crippen LogP contribution in [0.3, 0.4) is 0 Å². The lowest BCUT2D eigenvalue weighted by molar-refractivity contribution is -0.384. The number of nitrogens with zero attached hydrogens (tertiary/aromatic N) is 2. The molecule has 32 heavy (non-hydrogen) atoms. The summed E-state index contributed by atoms with van der Waals surface area (Å²) in [4.78, 5) is 47.5. The number of ether oxygens (including phenoxy) is 2. The van der Waals surface area contributed by atoms with E-state index in [0.717, 1.165) is 4.90 Å². The van der Waals surface area contributed by atoms with Crippen LogP contribution in [-0.4, -0.2) is 46.1 Å². The molecule has 1 heterocycles. The van der Waals surface area contributed by atoms with E-state index in [2.05, 4.69) is 5.32 Å². The van der Waals surface area contributed by atoms with Crippen molar-refractivity contribution in [3.63, 3.8) is 0 Å². The fourth-order valence-corrected chi connectivity index (χ4v) is 2.94. The van der Waals surface area contributed by atoms with Crippen molar-refractivity contribution < 1.29 is 33.9 Å². The average Bonchev–Trinajstić information content (AvgIpc) is 3.02. The van der Waals surface area contributed by atoms with Crippen LogP contribution in [-0.2, 0) is 16.1 Å². The minimum atomic E-state index is -1.19. The Labute approximate surface area is 182 Å². The lowest BCUT2D eigenvalue weighted by Crippen LogP contribution is -2.30. The molecule has 1 saturated heterocycles. The van der Waals surface area contributed by atoms with Gasteiger partial charge in [-0.05, 0) is 24.6 Å².